The van der Waals surface area contributed by atoms with Crippen LogP contribution in [-0.2, 0) is 10.5 Å². The number of amides is 1. The van der Waals surface area contributed by atoms with Gasteiger partial charge in [-0.2, -0.15) is 0 Å². The van der Waals surface area contributed by atoms with E-state index in [2.05, 4.69) is 34.3 Å². The molecule has 2 N–H and O–H groups in total. The molecule has 3 aromatic rings. The van der Waals surface area contributed by atoms with E-state index in [0.717, 1.165) is 5.56 Å². The fraction of sp³-hybridized carbons (Fsp3) is 0.227. The number of nitrogens with zero attached hydrogens (tertiary/aromatic N) is 1. The predicted octanol–water partition coefficient (Wildman–Crippen LogP) is 3.85. The minimum Gasteiger partial charge on any atom is -0.497 e. The maximum atomic E-state index is 12.9. The number of carbonyl (C=O) groups is 1. The summed E-state index contributed by atoms with van der Waals surface area (Å²) in [4.78, 5) is 32.6. The smallest absolute Gasteiger partial charge is 0.257 e. The Morgan fingerprint density at radius 1 is 1.17 bits per heavy atom. The van der Waals surface area contributed by atoms with Gasteiger partial charge >= 0.3 is 0 Å². The van der Waals surface area contributed by atoms with Crippen molar-refractivity contribution in [1.82, 2.24) is 9.97 Å². The first-order chi connectivity index (χ1) is 14.0. The molecule has 0 fully saturated rings. The van der Waals surface area contributed by atoms with Crippen LogP contribution in [0, 0.1) is 6.92 Å². The molecule has 1 aliphatic rings. The highest BCUT2D eigenvalue weighted by Gasteiger charge is 2.31. The van der Waals surface area contributed by atoms with E-state index >= 15 is 0 Å². The van der Waals surface area contributed by atoms with E-state index in [-0.39, 0.29) is 23.8 Å². The molecule has 1 aromatic heterocycles. The van der Waals surface area contributed by atoms with E-state index < -0.39 is 0 Å². The van der Waals surface area contributed by atoms with Crippen LogP contribution in [0.15, 0.2) is 58.5 Å². The van der Waals surface area contributed by atoms with Gasteiger partial charge in [0.25, 0.3) is 5.56 Å². The van der Waals surface area contributed by atoms with Crippen LogP contribution in [0.3, 0.4) is 0 Å². The minimum absolute atomic E-state index is 0.154. The summed E-state index contributed by atoms with van der Waals surface area (Å²) < 4.78 is 5.29. The second-order valence-electron chi connectivity index (χ2n) is 6.93. The van der Waals surface area contributed by atoms with Gasteiger partial charge in [0.15, 0.2) is 5.16 Å². The van der Waals surface area contributed by atoms with Crippen molar-refractivity contribution in [1.29, 1.82) is 0 Å². The number of carbonyl (C=O) groups excluding carboxylic acids is 1. The summed E-state index contributed by atoms with van der Waals surface area (Å²) in [6.07, 6.45) is 0.195. The van der Waals surface area contributed by atoms with Crippen LogP contribution in [0.2, 0.25) is 0 Å². The quantitative estimate of drug-likeness (QED) is 0.496. The summed E-state index contributed by atoms with van der Waals surface area (Å²) in [5, 5.41) is 3.25. The van der Waals surface area contributed by atoms with E-state index in [9.17, 15) is 9.59 Å². The number of anilines is 1. The first kappa shape index (κ1) is 19.3. The van der Waals surface area contributed by atoms with Crippen molar-refractivity contribution in [2.75, 3.05) is 12.4 Å². The molecule has 0 saturated heterocycles. The average molecular weight is 407 g/mol. The highest BCUT2D eigenvalue weighted by Crippen LogP contribution is 2.35. The Balaban J connectivity index is 1.67. The number of aromatic amines is 1. The lowest BCUT2D eigenvalue weighted by atomic mass is 9.87. The fourth-order valence-corrected chi connectivity index (χ4v) is 4.42. The van der Waals surface area contributed by atoms with Gasteiger partial charge in [0.1, 0.15) is 11.6 Å². The first-order valence-electron chi connectivity index (χ1n) is 9.30. The molecule has 1 aliphatic heterocycles. The van der Waals surface area contributed by atoms with Gasteiger partial charge in [0, 0.05) is 18.1 Å². The molecule has 1 amide bonds. The van der Waals surface area contributed by atoms with Crippen LogP contribution < -0.4 is 15.6 Å². The Bertz CT molecular complexity index is 1130. The first-order valence-corrected chi connectivity index (χ1v) is 10.3. The van der Waals surface area contributed by atoms with Gasteiger partial charge in [-0.3, -0.25) is 9.59 Å². The van der Waals surface area contributed by atoms with Crippen molar-refractivity contribution in [3.63, 3.8) is 0 Å². The van der Waals surface area contributed by atoms with E-state index in [1.54, 1.807) is 7.11 Å². The zero-order valence-corrected chi connectivity index (χ0v) is 17.0. The third kappa shape index (κ3) is 4.05. The van der Waals surface area contributed by atoms with Gasteiger partial charge in [-0.05, 0) is 35.7 Å². The van der Waals surface area contributed by atoms with Gasteiger partial charge in [-0.25, -0.2) is 4.98 Å². The number of aryl methyl sites for hydroxylation is 1. The molecule has 1 atom stereocenters. The summed E-state index contributed by atoms with van der Waals surface area (Å²) in [6.45, 7) is 2.05. The van der Waals surface area contributed by atoms with Gasteiger partial charge in [-0.1, -0.05) is 48.2 Å². The van der Waals surface area contributed by atoms with Crippen LogP contribution in [0.1, 0.15) is 34.6 Å². The van der Waals surface area contributed by atoms with Crippen molar-refractivity contribution < 1.29 is 9.53 Å². The maximum Gasteiger partial charge on any atom is 0.257 e. The molecule has 148 valence electrons. The lowest BCUT2D eigenvalue weighted by Gasteiger charge is -2.24. The number of methoxy groups -OCH3 is 1. The SMILES string of the molecule is COc1cccc(C2CC(=O)Nc3nc(SCc4ccccc4C)[nH]c(=O)c32)c1. The van der Waals surface area contributed by atoms with Gasteiger partial charge < -0.3 is 15.0 Å². The summed E-state index contributed by atoms with van der Waals surface area (Å²) >= 11 is 1.44. The Kier molecular flexibility index (Phi) is 5.40. The Labute approximate surface area is 172 Å². The number of benzene rings is 2. The molecule has 2 aromatic carbocycles. The van der Waals surface area contributed by atoms with Gasteiger partial charge in [0.05, 0.1) is 12.7 Å². The average Bonchev–Trinajstić information content (AvgIpc) is 2.72. The maximum absolute atomic E-state index is 12.9. The van der Waals surface area contributed by atoms with E-state index in [1.165, 1.54) is 22.9 Å². The summed E-state index contributed by atoms with van der Waals surface area (Å²) in [5.74, 6) is 1.19. The second kappa shape index (κ2) is 8.13. The largest absolute Gasteiger partial charge is 0.497 e. The molecule has 7 heteroatoms. The number of rotatable bonds is 5. The summed E-state index contributed by atoms with van der Waals surface area (Å²) in [7, 11) is 1.59. The standard InChI is InChI=1S/C22H21N3O3S/c1-13-6-3-4-7-15(13)12-29-22-24-20-19(21(27)25-22)17(11-18(26)23-20)14-8-5-9-16(10-14)28-2/h3-10,17H,11-12H2,1-2H3,(H2,23,24,25,26,27). The molecular formula is C22H21N3O3S. The Hall–Kier alpha value is -3.06. The lowest BCUT2D eigenvalue weighted by molar-refractivity contribution is -0.116. The molecule has 0 spiro atoms. The van der Waals surface area contributed by atoms with E-state index in [4.69, 9.17) is 4.74 Å². The molecule has 0 bridgehead atoms. The molecule has 6 nitrogen and oxygen atoms in total. The van der Waals surface area contributed by atoms with E-state index in [0.29, 0.717) is 28.0 Å². The van der Waals surface area contributed by atoms with Gasteiger partial charge in [-0.15, -0.1) is 0 Å². The van der Waals surface area contributed by atoms with Crippen LogP contribution in [0.25, 0.3) is 0 Å². The van der Waals surface area contributed by atoms with Crippen LogP contribution >= 0.6 is 11.8 Å². The number of thioether (sulfide) groups is 1. The minimum atomic E-state index is -0.361. The highest BCUT2D eigenvalue weighted by atomic mass is 32.2. The zero-order valence-electron chi connectivity index (χ0n) is 16.2. The van der Waals surface area contributed by atoms with E-state index in [1.807, 2.05) is 36.4 Å². The summed E-state index contributed by atoms with van der Waals surface area (Å²) in [6, 6.07) is 15.5. The molecule has 0 aliphatic carbocycles. The van der Waals surface area contributed by atoms with Crippen LogP contribution in [-0.4, -0.2) is 23.0 Å². The number of hydrogen-bond acceptors (Lipinski definition) is 5. The van der Waals surface area contributed by atoms with Crippen molar-refractivity contribution in [3.8, 4) is 5.75 Å². The van der Waals surface area contributed by atoms with Crippen LogP contribution in [0.4, 0.5) is 5.82 Å². The number of ether oxygens (including phenoxy) is 1. The molecular weight excluding hydrogens is 386 g/mol. The van der Waals surface area contributed by atoms with Crippen molar-refractivity contribution in [3.05, 3.63) is 81.1 Å². The third-order valence-electron chi connectivity index (χ3n) is 5.05. The molecule has 1 unspecified atom stereocenters. The third-order valence-corrected chi connectivity index (χ3v) is 5.97. The number of aromatic nitrogens is 2. The normalized spacial score (nSPS) is 15.5. The summed E-state index contributed by atoms with van der Waals surface area (Å²) in [5.41, 5.74) is 3.48. The predicted molar refractivity (Wildman–Crippen MR) is 114 cm³/mol. The van der Waals surface area contributed by atoms with Crippen molar-refractivity contribution >= 4 is 23.5 Å². The molecule has 0 saturated carbocycles. The van der Waals surface area contributed by atoms with Crippen LogP contribution in [0.5, 0.6) is 5.75 Å². The van der Waals surface area contributed by atoms with Crippen molar-refractivity contribution in [2.24, 2.45) is 0 Å². The zero-order chi connectivity index (χ0) is 20.4. The number of H-pyrrole nitrogens is 1. The molecule has 0 radical (unpaired) electrons. The highest BCUT2D eigenvalue weighted by molar-refractivity contribution is 7.98. The lowest BCUT2D eigenvalue weighted by Crippen LogP contribution is -2.31. The van der Waals surface area contributed by atoms with Crippen molar-refractivity contribution in [2.45, 2.75) is 30.2 Å². The number of nitrogens with one attached hydrogen (secondary N) is 2. The number of hydrogen-bond donors (Lipinski definition) is 2. The molecule has 4 rings (SSSR count). The Morgan fingerprint density at radius 2 is 2.00 bits per heavy atom. The number of fused-ring (bicyclic) bond motifs is 1. The Morgan fingerprint density at radius 3 is 2.79 bits per heavy atom. The molecule has 2 heterocycles. The second-order valence-corrected chi connectivity index (χ2v) is 7.89. The topological polar surface area (TPSA) is 84.1 Å². The monoisotopic (exact) mass is 407 g/mol. The molecule has 29 heavy (non-hydrogen) atoms. The fourth-order valence-electron chi connectivity index (χ4n) is 3.48. The van der Waals surface area contributed by atoms with Gasteiger partial charge in [0.2, 0.25) is 5.91 Å².